The molecule has 1 amide bonds. The van der Waals surface area contributed by atoms with Gasteiger partial charge in [0.2, 0.25) is 5.91 Å². The van der Waals surface area contributed by atoms with E-state index in [9.17, 15) is 4.79 Å². The van der Waals surface area contributed by atoms with Crippen molar-refractivity contribution in [3.05, 3.63) is 0 Å². The van der Waals surface area contributed by atoms with Crippen LogP contribution >= 0.6 is 0 Å². The minimum absolute atomic E-state index is 0.0395. The highest BCUT2D eigenvalue weighted by Gasteiger charge is 2.18. The maximum absolute atomic E-state index is 11.8. The molecule has 1 N–H and O–H groups in total. The first-order chi connectivity index (χ1) is 10.3. The fourth-order valence-corrected chi connectivity index (χ4v) is 3.55. The number of carbonyl (C=O) groups is 1. The van der Waals surface area contributed by atoms with Gasteiger partial charge in [-0.1, -0.05) is 38.5 Å². The highest BCUT2D eigenvalue weighted by atomic mass is 16.5. The van der Waals surface area contributed by atoms with Gasteiger partial charge in [0, 0.05) is 19.1 Å². The van der Waals surface area contributed by atoms with Gasteiger partial charge < -0.3 is 15.0 Å². The van der Waals surface area contributed by atoms with Gasteiger partial charge in [0.25, 0.3) is 0 Å². The number of hydrogen-bond donors (Lipinski definition) is 1. The first-order valence-corrected chi connectivity index (χ1v) is 8.84. The van der Waals surface area contributed by atoms with Crippen molar-refractivity contribution in [2.24, 2.45) is 0 Å². The molecule has 2 rings (SSSR count). The summed E-state index contributed by atoms with van der Waals surface area (Å²) < 4.78 is 5.69. The van der Waals surface area contributed by atoms with Crippen LogP contribution in [-0.2, 0) is 9.53 Å². The van der Waals surface area contributed by atoms with Gasteiger partial charge in [-0.2, -0.15) is 0 Å². The molecule has 0 atom stereocenters. The summed E-state index contributed by atoms with van der Waals surface area (Å²) in [6.07, 6.45) is 13.1. The van der Waals surface area contributed by atoms with E-state index in [0.29, 0.717) is 12.1 Å². The lowest BCUT2D eigenvalue weighted by molar-refractivity contribution is -0.128. The van der Waals surface area contributed by atoms with Crippen molar-refractivity contribution < 1.29 is 9.53 Å². The first-order valence-electron chi connectivity index (χ1n) is 8.84. The summed E-state index contributed by atoms with van der Waals surface area (Å²) in [6.45, 7) is 1.91. The molecule has 0 saturated heterocycles. The van der Waals surface area contributed by atoms with Crippen molar-refractivity contribution in [2.75, 3.05) is 26.7 Å². The zero-order chi connectivity index (χ0) is 14.9. The third kappa shape index (κ3) is 6.35. The van der Waals surface area contributed by atoms with Crippen LogP contribution in [0, 0.1) is 0 Å². The van der Waals surface area contributed by atoms with E-state index in [4.69, 9.17) is 4.74 Å². The van der Waals surface area contributed by atoms with Gasteiger partial charge >= 0.3 is 0 Å². The third-order valence-electron chi connectivity index (χ3n) is 4.99. The third-order valence-corrected chi connectivity index (χ3v) is 4.99. The van der Waals surface area contributed by atoms with E-state index in [2.05, 4.69) is 17.3 Å². The summed E-state index contributed by atoms with van der Waals surface area (Å²) in [4.78, 5) is 14.2. The Kier molecular flexibility index (Phi) is 7.51. The summed E-state index contributed by atoms with van der Waals surface area (Å²) in [5.41, 5.74) is 0. The molecule has 0 aromatic rings. The van der Waals surface area contributed by atoms with Gasteiger partial charge in [-0.3, -0.25) is 4.79 Å². The monoisotopic (exact) mass is 296 g/mol. The maximum atomic E-state index is 11.8. The second-order valence-corrected chi connectivity index (χ2v) is 6.69. The predicted octanol–water partition coefficient (Wildman–Crippen LogP) is 2.72. The van der Waals surface area contributed by atoms with Crippen LogP contribution in [0.15, 0.2) is 0 Å². The molecule has 4 nitrogen and oxygen atoms in total. The van der Waals surface area contributed by atoms with Gasteiger partial charge in [-0.15, -0.1) is 0 Å². The van der Waals surface area contributed by atoms with Crippen LogP contribution in [0.25, 0.3) is 0 Å². The molecule has 2 aliphatic carbocycles. The molecular formula is C17H32N2O2. The van der Waals surface area contributed by atoms with E-state index >= 15 is 0 Å². The summed E-state index contributed by atoms with van der Waals surface area (Å²) in [7, 11) is 2.18. The molecule has 2 saturated carbocycles. The highest BCUT2D eigenvalue weighted by molar-refractivity contribution is 5.77. The first kappa shape index (κ1) is 16.8. The van der Waals surface area contributed by atoms with Gasteiger partial charge in [0.1, 0.15) is 6.61 Å². The van der Waals surface area contributed by atoms with E-state index in [1.54, 1.807) is 0 Å². The second-order valence-electron chi connectivity index (χ2n) is 6.69. The topological polar surface area (TPSA) is 41.6 Å². The summed E-state index contributed by atoms with van der Waals surface area (Å²) in [5.74, 6) is 0.0395. The van der Waals surface area contributed by atoms with Crippen molar-refractivity contribution in [2.45, 2.75) is 76.4 Å². The molecule has 0 heterocycles. The van der Waals surface area contributed by atoms with Crippen LogP contribution in [0.2, 0.25) is 0 Å². The van der Waals surface area contributed by atoms with E-state index in [1.807, 2.05) is 0 Å². The molecule has 2 aliphatic rings. The number of carbonyl (C=O) groups excluding carboxylic acids is 1. The molecular weight excluding hydrogens is 264 g/mol. The van der Waals surface area contributed by atoms with E-state index in [1.165, 1.54) is 51.4 Å². The molecule has 0 spiro atoms. The number of nitrogens with one attached hydrogen (secondary N) is 1. The number of rotatable bonds is 7. The quantitative estimate of drug-likeness (QED) is 0.785. The lowest BCUT2D eigenvalue weighted by Gasteiger charge is -2.31. The van der Waals surface area contributed by atoms with Gasteiger partial charge in [0.15, 0.2) is 0 Å². The lowest BCUT2D eigenvalue weighted by atomic mass is 9.94. The Balaban J connectivity index is 1.51. The van der Waals surface area contributed by atoms with Crippen molar-refractivity contribution in [3.63, 3.8) is 0 Å². The summed E-state index contributed by atoms with van der Waals surface area (Å²) in [5, 5.41) is 2.99. The molecule has 4 heteroatoms. The van der Waals surface area contributed by atoms with Crippen molar-refractivity contribution >= 4 is 5.91 Å². The molecule has 122 valence electrons. The van der Waals surface area contributed by atoms with Crippen LogP contribution in [0.5, 0.6) is 0 Å². The summed E-state index contributed by atoms with van der Waals surface area (Å²) >= 11 is 0. The Morgan fingerprint density at radius 3 is 2.33 bits per heavy atom. The smallest absolute Gasteiger partial charge is 0.246 e. The number of hydrogen-bond acceptors (Lipinski definition) is 3. The predicted molar refractivity (Wildman–Crippen MR) is 85.3 cm³/mol. The van der Waals surface area contributed by atoms with Crippen LogP contribution < -0.4 is 5.32 Å². The zero-order valence-corrected chi connectivity index (χ0v) is 13.6. The van der Waals surface area contributed by atoms with Gasteiger partial charge in [-0.05, 0) is 32.7 Å². The average Bonchev–Trinajstić information content (AvgIpc) is 2.54. The Labute approximate surface area is 129 Å². The molecule has 2 fully saturated rings. The molecule has 0 unspecified atom stereocenters. The van der Waals surface area contributed by atoms with Gasteiger partial charge in [-0.25, -0.2) is 0 Å². The number of amides is 1. The standard InChI is InChI=1S/C17H32N2O2/c1-19(15-8-4-2-5-9-15)13-12-18-17(20)14-21-16-10-6-3-7-11-16/h15-16H,2-14H2,1H3,(H,18,20). The molecule has 0 aromatic heterocycles. The second kappa shape index (κ2) is 9.42. The van der Waals surface area contributed by atoms with E-state index in [-0.39, 0.29) is 12.5 Å². The van der Waals surface area contributed by atoms with Crippen molar-refractivity contribution in [1.29, 1.82) is 0 Å². The van der Waals surface area contributed by atoms with Crippen LogP contribution in [0.1, 0.15) is 64.2 Å². The number of nitrogens with zero attached hydrogens (tertiary/aromatic N) is 1. The number of ether oxygens (including phenoxy) is 1. The Morgan fingerprint density at radius 1 is 1.05 bits per heavy atom. The highest BCUT2D eigenvalue weighted by Crippen LogP contribution is 2.21. The maximum Gasteiger partial charge on any atom is 0.246 e. The van der Waals surface area contributed by atoms with Gasteiger partial charge in [0.05, 0.1) is 6.10 Å². The van der Waals surface area contributed by atoms with Crippen molar-refractivity contribution in [3.8, 4) is 0 Å². The van der Waals surface area contributed by atoms with Crippen LogP contribution in [-0.4, -0.2) is 49.7 Å². The van der Waals surface area contributed by atoms with Crippen molar-refractivity contribution in [1.82, 2.24) is 10.2 Å². The van der Waals surface area contributed by atoms with Crippen LogP contribution in [0.3, 0.4) is 0 Å². The van der Waals surface area contributed by atoms with E-state index < -0.39 is 0 Å². The largest absolute Gasteiger partial charge is 0.368 e. The molecule has 0 bridgehead atoms. The fourth-order valence-electron chi connectivity index (χ4n) is 3.55. The SMILES string of the molecule is CN(CCNC(=O)COC1CCCCC1)C1CCCCC1. The normalized spacial score (nSPS) is 21.6. The molecule has 0 radical (unpaired) electrons. The lowest BCUT2D eigenvalue weighted by Crippen LogP contribution is -2.40. The molecule has 0 aromatic carbocycles. The zero-order valence-electron chi connectivity index (χ0n) is 13.6. The molecule has 21 heavy (non-hydrogen) atoms. The Morgan fingerprint density at radius 2 is 1.67 bits per heavy atom. The summed E-state index contributed by atoms with van der Waals surface area (Å²) in [6, 6.07) is 0.717. The number of likely N-dealkylation sites (N-methyl/N-ethyl adjacent to an activating group) is 1. The minimum atomic E-state index is 0.0395. The molecule has 0 aliphatic heterocycles. The minimum Gasteiger partial charge on any atom is -0.368 e. The van der Waals surface area contributed by atoms with Crippen LogP contribution in [0.4, 0.5) is 0 Å². The Hall–Kier alpha value is -0.610. The average molecular weight is 296 g/mol. The fraction of sp³-hybridized carbons (Fsp3) is 0.941. The Bertz CT molecular complexity index is 297. The van der Waals surface area contributed by atoms with E-state index in [0.717, 1.165) is 25.9 Å².